The first-order chi connectivity index (χ1) is 9.47. The van der Waals surface area contributed by atoms with E-state index in [0.29, 0.717) is 12.1 Å². The third-order valence-electron chi connectivity index (χ3n) is 4.19. The Hall–Kier alpha value is -1.09. The van der Waals surface area contributed by atoms with Crippen LogP contribution in [0.25, 0.3) is 0 Å². The number of hydrogen-bond acceptors (Lipinski definition) is 2. The number of nitrogens with zero attached hydrogens (tertiary/aromatic N) is 1. The van der Waals surface area contributed by atoms with E-state index in [4.69, 9.17) is 0 Å². The number of benzene rings is 1. The minimum atomic E-state index is -0.146. The van der Waals surface area contributed by atoms with Gasteiger partial charge in [0.1, 0.15) is 5.82 Å². The first-order valence-electron chi connectivity index (χ1n) is 7.75. The van der Waals surface area contributed by atoms with Crippen molar-refractivity contribution in [1.29, 1.82) is 0 Å². The third-order valence-corrected chi connectivity index (χ3v) is 4.19. The van der Waals surface area contributed by atoms with Crippen LogP contribution < -0.4 is 10.2 Å². The van der Waals surface area contributed by atoms with Crippen LogP contribution in [0.4, 0.5) is 10.1 Å². The largest absolute Gasteiger partial charge is 0.369 e. The smallest absolute Gasteiger partial charge is 0.123 e. The minimum Gasteiger partial charge on any atom is -0.369 e. The molecule has 0 spiro atoms. The Morgan fingerprint density at radius 3 is 2.75 bits per heavy atom. The van der Waals surface area contributed by atoms with Crippen molar-refractivity contribution in [3.8, 4) is 0 Å². The van der Waals surface area contributed by atoms with Crippen LogP contribution in [-0.2, 0) is 6.54 Å². The highest BCUT2D eigenvalue weighted by Crippen LogP contribution is 2.30. The molecule has 20 heavy (non-hydrogen) atoms. The van der Waals surface area contributed by atoms with Gasteiger partial charge in [-0.3, -0.25) is 0 Å². The summed E-state index contributed by atoms with van der Waals surface area (Å²) < 4.78 is 13.6. The van der Waals surface area contributed by atoms with Crippen molar-refractivity contribution in [2.24, 2.45) is 5.92 Å². The van der Waals surface area contributed by atoms with E-state index in [1.54, 1.807) is 12.1 Å². The Bertz CT molecular complexity index is 445. The molecule has 1 N–H and O–H groups in total. The molecule has 2 rings (SSSR count). The van der Waals surface area contributed by atoms with Gasteiger partial charge in [0, 0.05) is 30.9 Å². The van der Waals surface area contributed by atoms with E-state index in [9.17, 15) is 4.39 Å². The lowest BCUT2D eigenvalue weighted by Gasteiger charge is -2.39. The molecule has 1 aromatic rings. The normalized spacial score (nSPS) is 23.4. The highest BCUT2D eigenvalue weighted by molar-refractivity contribution is 5.55. The fourth-order valence-corrected chi connectivity index (χ4v) is 3.06. The van der Waals surface area contributed by atoms with E-state index in [0.717, 1.165) is 24.6 Å². The van der Waals surface area contributed by atoms with Crippen LogP contribution in [-0.4, -0.2) is 18.6 Å². The number of rotatable bonds is 4. The molecule has 0 aromatic heterocycles. The van der Waals surface area contributed by atoms with Crippen molar-refractivity contribution in [1.82, 2.24) is 5.32 Å². The average Bonchev–Trinajstić information content (AvgIpc) is 2.37. The predicted molar refractivity (Wildman–Crippen MR) is 83.6 cm³/mol. The topological polar surface area (TPSA) is 15.3 Å². The van der Waals surface area contributed by atoms with Crippen LogP contribution in [0.3, 0.4) is 0 Å². The van der Waals surface area contributed by atoms with Crippen LogP contribution in [0.2, 0.25) is 0 Å². The van der Waals surface area contributed by atoms with Crippen molar-refractivity contribution in [3.63, 3.8) is 0 Å². The van der Waals surface area contributed by atoms with Crippen molar-refractivity contribution in [2.75, 3.05) is 11.4 Å². The first-order valence-corrected chi connectivity index (χ1v) is 7.75. The number of nitrogens with one attached hydrogen (secondary N) is 1. The average molecular weight is 278 g/mol. The van der Waals surface area contributed by atoms with E-state index < -0.39 is 0 Å². The Morgan fingerprint density at radius 2 is 2.10 bits per heavy atom. The Balaban J connectivity index is 2.21. The molecule has 0 bridgehead atoms. The number of halogens is 1. The van der Waals surface area contributed by atoms with Gasteiger partial charge < -0.3 is 10.2 Å². The Labute approximate surface area is 122 Å². The van der Waals surface area contributed by atoms with Gasteiger partial charge in [0.2, 0.25) is 0 Å². The van der Waals surface area contributed by atoms with Crippen LogP contribution in [0, 0.1) is 11.7 Å². The van der Waals surface area contributed by atoms with E-state index in [2.05, 4.69) is 37.9 Å². The number of anilines is 1. The summed E-state index contributed by atoms with van der Waals surface area (Å²) in [6.07, 6.45) is 2.44. The lowest BCUT2D eigenvalue weighted by Crippen LogP contribution is -2.41. The molecular formula is C17H27FN2. The van der Waals surface area contributed by atoms with Crippen LogP contribution >= 0.6 is 0 Å². The third kappa shape index (κ3) is 3.72. The summed E-state index contributed by atoms with van der Waals surface area (Å²) in [4.78, 5) is 2.44. The Morgan fingerprint density at radius 1 is 1.35 bits per heavy atom. The molecular weight excluding hydrogens is 251 g/mol. The van der Waals surface area contributed by atoms with Crippen molar-refractivity contribution < 1.29 is 4.39 Å². The van der Waals surface area contributed by atoms with E-state index >= 15 is 0 Å². The van der Waals surface area contributed by atoms with Gasteiger partial charge in [-0.25, -0.2) is 4.39 Å². The summed E-state index contributed by atoms with van der Waals surface area (Å²) in [7, 11) is 0. The van der Waals surface area contributed by atoms with Gasteiger partial charge in [-0.15, -0.1) is 0 Å². The lowest BCUT2D eigenvalue weighted by atomic mass is 9.92. The van der Waals surface area contributed by atoms with Crippen molar-refractivity contribution >= 4 is 5.69 Å². The summed E-state index contributed by atoms with van der Waals surface area (Å²) in [6, 6.07) is 6.14. The molecule has 1 heterocycles. The molecule has 0 radical (unpaired) electrons. The monoisotopic (exact) mass is 278 g/mol. The minimum absolute atomic E-state index is 0.146. The predicted octanol–water partition coefficient (Wildman–Crippen LogP) is 3.95. The SMILES string of the molecule is CC1CCN(c2ccc(F)cc2CNC(C)C)C(C)C1. The second-order valence-electron chi connectivity index (χ2n) is 6.48. The molecule has 2 unspecified atom stereocenters. The molecule has 2 nitrogen and oxygen atoms in total. The van der Waals surface area contributed by atoms with E-state index in [1.807, 2.05) is 6.07 Å². The van der Waals surface area contributed by atoms with E-state index in [-0.39, 0.29) is 5.82 Å². The second-order valence-corrected chi connectivity index (χ2v) is 6.48. The molecule has 0 saturated carbocycles. The lowest BCUT2D eigenvalue weighted by molar-refractivity contribution is 0.377. The second kappa shape index (κ2) is 6.57. The molecule has 0 aliphatic carbocycles. The van der Waals surface area contributed by atoms with Gasteiger partial charge in [-0.05, 0) is 49.4 Å². The fraction of sp³-hybridized carbons (Fsp3) is 0.647. The fourth-order valence-electron chi connectivity index (χ4n) is 3.06. The molecule has 3 heteroatoms. The molecule has 0 amide bonds. The first kappa shape index (κ1) is 15.3. The molecule has 1 aliphatic rings. The summed E-state index contributed by atoms with van der Waals surface area (Å²) in [5.41, 5.74) is 2.26. The van der Waals surface area contributed by atoms with Gasteiger partial charge in [-0.1, -0.05) is 20.8 Å². The van der Waals surface area contributed by atoms with Gasteiger partial charge in [-0.2, -0.15) is 0 Å². The van der Waals surface area contributed by atoms with Crippen LogP contribution in [0.15, 0.2) is 18.2 Å². The van der Waals surface area contributed by atoms with Crippen molar-refractivity contribution in [3.05, 3.63) is 29.6 Å². The van der Waals surface area contributed by atoms with Crippen molar-refractivity contribution in [2.45, 2.75) is 59.2 Å². The van der Waals surface area contributed by atoms with Gasteiger partial charge in [0.25, 0.3) is 0 Å². The molecule has 112 valence electrons. The molecule has 2 atom stereocenters. The van der Waals surface area contributed by atoms with Gasteiger partial charge >= 0.3 is 0 Å². The van der Waals surface area contributed by atoms with E-state index in [1.165, 1.54) is 18.5 Å². The highest BCUT2D eigenvalue weighted by atomic mass is 19.1. The van der Waals surface area contributed by atoms with Crippen LogP contribution in [0.5, 0.6) is 0 Å². The molecule has 1 aromatic carbocycles. The summed E-state index contributed by atoms with van der Waals surface area (Å²) in [5, 5.41) is 3.40. The maximum absolute atomic E-state index is 13.6. The Kier molecular flexibility index (Phi) is 5.03. The number of hydrogen-bond donors (Lipinski definition) is 1. The summed E-state index contributed by atoms with van der Waals surface area (Å²) in [6.45, 7) is 10.6. The summed E-state index contributed by atoms with van der Waals surface area (Å²) >= 11 is 0. The van der Waals surface area contributed by atoms with Gasteiger partial charge in [0.05, 0.1) is 0 Å². The maximum Gasteiger partial charge on any atom is 0.123 e. The molecule has 1 aliphatic heterocycles. The maximum atomic E-state index is 13.6. The zero-order valence-corrected chi connectivity index (χ0v) is 13.1. The highest BCUT2D eigenvalue weighted by Gasteiger charge is 2.24. The number of piperidine rings is 1. The summed E-state index contributed by atoms with van der Waals surface area (Å²) in [5.74, 6) is 0.645. The zero-order valence-electron chi connectivity index (χ0n) is 13.1. The van der Waals surface area contributed by atoms with Gasteiger partial charge in [0.15, 0.2) is 0 Å². The standard InChI is InChI=1S/C17H27FN2/c1-12(2)19-11-15-10-16(18)5-6-17(15)20-8-7-13(3)9-14(20)4/h5-6,10,12-14,19H,7-9,11H2,1-4H3. The van der Waals surface area contributed by atoms with Crippen LogP contribution in [0.1, 0.15) is 46.1 Å². The molecule has 1 saturated heterocycles. The quantitative estimate of drug-likeness (QED) is 0.897. The zero-order chi connectivity index (χ0) is 14.7. The molecule has 1 fully saturated rings.